The van der Waals surface area contributed by atoms with Crippen LogP contribution in [-0.2, 0) is 6.61 Å². The van der Waals surface area contributed by atoms with Gasteiger partial charge in [0.15, 0.2) is 5.75 Å². The third kappa shape index (κ3) is 3.30. The summed E-state index contributed by atoms with van der Waals surface area (Å²) >= 11 is 0. The Labute approximate surface area is 117 Å². The Morgan fingerprint density at radius 3 is 2.81 bits per heavy atom. The molecule has 0 aliphatic heterocycles. The molecule has 0 aliphatic rings. The summed E-state index contributed by atoms with van der Waals surface area (Å²) in [4.78, 5) is 24.4. The summed E-state index contributed by atoms with van der Waals surface area (Å²) in [5.41, 5.74) is -0.378. The fourth-order valence-corrected chi connectivity index (χ4v) is 1.62. The number of benzene rings is 1. The number of carbonyl (C=O) groups is 1. The van der Waals surface area contributed by atoms with Gasteiger partial charge in [0.05, 0.1) is 11.1 Å². The molecular formula is C13H9FN2O5. The molecule has 0 fully saturated rings. The van der Waals surface area contributed by atoms with Gasteiger partial charge in [-0.3, -0.25) is 15.1 Å². The number of hydrogen-bond acceptors (Lipinski definition) is 5. The highest BCUT2D eigenvalue weighted by atomic mass is 19.1. The number of nitro benzene ring substituents is 1. The first-order chi connectivity index (χ1) is 9.99. The van der Waals surface area contributed by atoms with E-state index in [1.54, 1.807) is 0 Å². The van der Waals surface area contributed by atoms with Crippen molar-refractivity contribution in [2.45, 2.75) is 6.61 Å². The van der Waals surface area contributed by atoms with Crippen LogP contribution in [0, 0.1) is 15.9 Å². The number of carboxylic acids is 1. The Hall–Kier alpha value is -3.03. The first kappa shape index (κ1) is 14.4. The first-order valence-corrected chi connectivity index (χ1v) is 5.72. The number of carboxylic acid groups (broad SMARTS) is 1. The number of nitrogens with zero attached hydrogens (tertiary/aromatic N) is 2. The molecule has 0 bridgehead atoms. The minimum absolute atomic E-state index is 0.0313. The van der Waals surface area contributed by atoms with E-state index in [0.717, 1.165) is 12.1 Å². The highest BCUT2D eigenvalue weighted by Crippen LogP contribution is 2.21. The topological polar surface area (TPSA) is 103 Å². The highest BCUT2D eigenvalue weighted by Gasteiger charge is 2.15. The number of aromatic nitrogens is 1. The lowest BCUT2D eigenvalue weighted by Gasteiger charge is -2.08. The number of rotatable bonds is 5. The summed E-state index contributed by atoms with van der Waals surface area (Å²) in [5.74, 6) is -2.13. The SMILES string of the molecule is O=C(O)c1ccncc1OCc1ccc([N+](=O)[O-])c(F)c1. The molecule has 2 aromatic rings. The Kier molecular flexibility index (Phi) is 4.07. The van der Waals surface area contributed by atoms with E-state index >= 15 is 0 Å². The number of nitro groups is 1. The van der Waals surface area contributed by atoms with Crippen molar-refractivity contribution in [3.63, 3.8) is 0 Å². The zero-order valence-corrected chi connectivity index (χ0v) is 10.5. The van der Waals surface area contributed by atoms with E-state index in [0.29, 0.717) is 5.56 Å². The maximum absolute atomic E-state index is 13.4. The van der Waals surface area contributed by atoms with Gasteiger partial charge in [-0.15, -0.1) is 0 Å². The Morgan fingerprint density at radius 2 is 2.19 bits per heavy atom. The second-order valence-corrected chi connectivity index (χ2v) is 4.01. The van der Waals surface area contributed by atoms with Crippen molar-refractivity contribution in [2.75, 3.05) is 0 Å². The van der Waals surface area contributed by atoms with Crippen LogP contribution in [0.4, 0.5) is 10.1 Å². The van der Waals surface area contributed by atoms with Crippen LogP contribution >= 0.6 is 0 Å². The maximum Gasteiger partial charge on any atom is 0.339 e. The lowest BCUT2D eigenvalue weighted by molar-refractivity contribution is -0.387. The summed E-state index contributed by atoms with van der Waals surface area (Å²) in [6.07, 6.45) is 2.53. The predicted molar refractivity (Wildman–Crippen MR) is 68.6 cm³/mol. The van der Waals surface area contributed by atoms with Gasteiger partial charge in [-0.05, 0) is 23.8 Å². The van der Waals surface area contributed by atoms with Gasteiger partial charge in [-0.1, -0.05) is 0 Å². The molecule has 108 valence electrons. The molecule has 21 heavy (non-hydrogen) atoms. The van der Waals surface area contributed by atoms with Gasteiger partial charge >= 0.3 is 11.7 Å². The lowest BCUT2D eigenvalue weighted by atomic mass is 10.2. The van der Waals surface area contributed by atoms with Gasteiger partial charge in [0.1, 0.15) is 12.2 Å². The van der Waals surface area contributed by atoms with E-state index < -0.39 is 22.4 Å². The second-order valence-electron chi connectivity index (χ2n) is 4.01. The van der Waals surface area contributed by atoms with Crippen molar-refractivity contribution >= 4 is 11.7 Å². The van der Waals surface area contributed by atoms with Crippen molar-refractivity contribution in [2.24, 2.45) is 0 Å². The van der Waals surface area contributed by atoms with Crippen molar-refractivity contribution in [3.8, 4) is 5.75 Å². The molecule has 7 nitrogen and oxygen atoms in total. The van der Waals surface area contributed by atoms with E-state index in [-0.39, 0.29) is 17.9 Å². The molecule has 0 radical (unpaired) electrons. The molecule has 0 aliphatic carbocycles. The lowest BCUT2D eigenvalue weighted by Crippen LogP contribution is -2.04. The number of ether oxygens (including phenoxy) is 1. The van der Waals surface area contributed by atoms with Crippen LogP contribution < -0.4 is 4.74 Å². The molecule has 0 amide bonds. The zero-order chi connectivity index (χ0) is 15.4. The summed E-state index contributed by atoms with van der Waals surface area (Å²) in [6, 6.07) is 4.59. The van der Waals surface area contributed by atoms with Gasteiger partial charge in [0.2, 0.25) is 5.82 Å². The number of aromatic carboxylic acids is 1. The molecular weight excluding hydrogens is 283 g/mol. The number of pyridine rings is 1. The van der Waals surface area contributed by atoms with Crippen molar-refractivity contribution in [3.05, 3.63) is 63.7 Å². The second kappa shape index (κ2) is 5.95. The minimum atomic E-state index is -1.18. The fourth-order valence-electron chi connectivity index (χ4n) is 1.62. The molecule has 0 unspecified atom stereocenters. The van der Waals surface area contributed by atoms with Gasteiger partial charge in [0, 0.05) is 12.3 Å². The molecule has 0 spiro atoms. The summed E-state index contributed by atoms with van der Waals surface area (Å²) < 4.78 is 18.7. The van der Waals surface area contributed by atoms with Crippen LogP contribution in [0.3, 0.4) is 0 Å². The third-order valence-corrected chi connectivity index (χ3v) is 2.62. The van der Waals surface area contributed by atoms with Crippen molar-refractivity contribution in [1.29, 1.82) is 0 Å². The molecule has 1 aromatic heterocycles. The van der Waals surface area contributed by atoms with Gasteiger partial charge in [-0.25, -0.2) is 4.79 Å². The Balaban J connectivity index is 2.16. The van der Waals surface area contributed by atoms with Crippen LogP contribution in [0.25, 0.3) is 0 Å². The van der Waals surface area contributed by atoms with Crippen LogP contribution in [0.15, 0.2) is 36.7 Å². The Morgan fingerprint density at radius 1 is 1.43 bits per heavy atom. The monoisotopic (exact) mass is 292 g/mol. The van der Waals surface area contributed by atoms with Crippen LogP contribution in [0.2, 0.25) is 0 Å². The molecule has 8 heteroatoms. The quantitative estimate of drug-likeness (QED) is 0.670. The maximum atomic E-state index is 13.4. The Bertz CT molecular complexity index is 705. The van der Waals surface area contributed by atoms with Crippen molar-refractivity contribution in [1.82, 2.24) is 4.98 Å². The molecule has 0 atom stereocenters. The minimum Gasteiger partial charge on any atom is -0.486 e. The molecule has 0 saturated heterocycles. The van der Waals surface area contributed by atoms with Gasteiger partial charge in [0.25, 0.3) is 0 Å². The normalized spacial score (nSPS) is 10.1. The number of hydrogen-bond donors (Lipinski definition) is 1. The highest BCUT2D eigenvalue weighted by molar-refractivity contribution is 5.90. The first-order valence-electron chi connectivity index (χ1n) is 5.72. The van der Waals surface area contributed by atoms with Crippen molar-refractivity contribution < 1.29 is 24.0 Å². The average molecular weight is 292 g/mol. The molecule has 1 N–H and O–H groups in total. The molecule has 1 aromatic carbocycles. The summed E-state index contributed by atoms with van der Waals surface area (Å²) in [7, 11) is 0. The van der Waals surface area contributed by atoms with E-state index in [4.69, 9.17) is 9.84 Å². The molecule has 1 heterocycles. The van der Waals surface area contributed by atoms with E-state index in [9.17, 15) is 19.3 Å². The van der Waals surface area contributed by atoms with E-state index in [1.165, 1.54) is 24.5 Å². The van der Waals surface area contributed by atoms with Crippen LogP contribution in [-0.4, -0.2) is 21.0 Å². The van der Waals surface area contributed by atoms with Gasteiger partial charge in [-0.2, -0.15) is 4.39 Å². The summed E-state index contributed by atoms with van der Waals surface area (Å²) in [6.45, 7) is -0.138. The smallest absolute Gasteiger partial charge is 0.339 e. The summed E-state index contributed by atoms with van der Waals surface area (Å²) in [5, 5.41) is 19.5. The largest absolute Gasteiger partial charge is 0.486 e. The molecule has 0 saturated carbocycles. The van der Waals surface area contributed by atoms with Gasteiger partial charge < -0.3 is 9.84 Å². The third-order valence-electron chi connectivity index (χ3n) is 2.62. The molecule has 2 rings (SSSR count). The van der Waals surface area contributed by atoms with E-state index in [2.05, 4.69) is 4.98 Å². The predicted octanol–water partition coefficient (Wildman–Crippen LogP) is 2.41. The van der Waals surface area contributed by atoms with E-state index in [1.807, 2.05) is 0 Å². The fraction of sp³-hybridized carbons (Fsp3) is 0.0769. The zero-order valence-electron chi connectivity index (χ0n) is 10.5. The number of halogens is 1. The van der Waals surface area contributed by atoms with Crippen LogP contribution in [0.5, 0.6) is 5.75 Å². The average Bonchev–Trinajstić information content (AvgIpc) is 2.45. The standard InChI is InChI=1S/C13H9FN2O5/c14-10-5-8(1-2-11(10)16(19)20)7-21-12-6-15-4-3-9(12)13(17)18/h1-6H,7H2,(H,17,18). The van der Waals surface area contributed by atoms with Crippen LogP contribution in [0.1, 0.15) is 15.9 Å².